The second kappa shape index (κ2) is 3.37. The van der Waals surface area contributed by atoms with Gasteiger partial charge in [-0.1, -0.05) is 0 Å². The van der Waals surface area contributed by atoms with Gasteiger partial charge in [0.15, 0.2) is 0 Å². The van der Waals surface area contributed by atoms with Crippen molar-refractivity contribution in [3.8, 4) is 0 Å². The minimum absolute atomic E-state index is 0.153. The zero-order chi connectivity index (χ0) is 12.3. The minimum Gasteiger partial charge on any atom is -0.444 e. The summed E-state index contributed by atoms with van der Waals surface area (Å²) in [5.74, 6) is 0. The number of ether oxygens (including phenoxy) is 1. The standard InChI is InChI=1S/C13H22N2O2/c1-12(2,3)17-11(16)15-7-13(8-15)6-10(13)14-9-4-5-9/h9-10,14H,4-8H2,1-3H3. The van der Waals surface area contributed by atoms with E-state index in [-0.39, 0.29) is 11.7 Å². The first-order chi connectivity index (χ1) is 7.88. The SMILES string of the molecule is CC(C)(C)OC(=O)N1CC2(CC2NC2CC2)C1. The molecular weight excluding hydrogens is 216 g/mol. The molecule has 3 rings (SSSR count). The number of likely N-dealkylation sites (tertiary alicyclic amines) is 1. The first-order valence-electron chi connectivity index (χ1n) is 6.62. The molecule has 96 valence electrons. The summed E-state index contributed by atoms with van der Waals surface area (Å²) in [6.45, 7) is 7.50. The molecule has 3 fully saturated rings. The molecule has 1 unspecified atom stereocenters. The number of hydrogen-bond donors (Lipinski definition) is 1. The summed E-state index contributed by atoms with van der Waals surface area (Å²) in [6.07, 6.45) is 3.76. The van der Waals surface area contributed by atoms with Gasteiger partial charge in [-0.15, -0.1) is 0 Å². The highest BCUT2D eigenvalue weighted by Gasteiger charge is 2.63. The van der Waals surface area contributed by atoms with E-state index < -0.39 is 0 Å². The van der Waals surface area contributed by atoms with Crippen LogP contribution in [0.25, 0.3) is 0 Å². The van der Waals surface area contributed by atoms with Crippen molar-refractivity contribution in [1.82, 2.24) is 10.2 Å². The lowest BCUT2D eigenvalue weighted by Crippen LogP contribution is -2.55. The van der Waals surface area contributed by atoms with E-state index in [2.05, 4.69) is 5.32 Å². The molecule has 2 aliphatic carbocycles. The topological polar surface area (TPSA) is 41.6 Å². The summed E-state index contributed by atoms with van der Waals surface area (Å²) in [6, 6.07) is 1.43. The summed E-state index contributed by atoms with van der Waals surface area (Å²) in [5.41, 5.74) is 0.0224. The van der Waals surface area contributed by atoms with Crippen molar-refractivity contribution in [1.29, 1.82) is 0 Å². The first kappa shape index (κ1) is 11.3. The largest absolute Gasteiger partial charge is 0.444 e. The molecule has 1 N–H and O–H groups in total. The third-order valence-corrected chi connectivity index (χ3v) is 3.87. The first-order valence-corrected chi connectivity index (χ1v) is 6.62. The van der Waals surface area contributed by atoms with Gasteiger partial charge in [-0.3, -0.25) is 0 Å². The molecule has 1 aliphatic heterocycles. The van der Waals surface area contributed by atoms with Crippen molar-refractivity contribution in [3.63, 3.8) is 0 Å². The molecule has 1 spiro atoms. The number of carbonyl (C=O) groups excluding carboxylic acids is 1. The monoisotopic (exact) mass is 238 g/mol. The summed E-state index contributed by atoms with van der Waals surface area (Å²) in [5, 5.41) is 3.65. The van der Waals surface area contributed by atoms with Gasteiger partial charge in [0.25, 0.3) is 0 Å². The summed E-state index contributed by atoms with van der Waals surface area (Å²) < 4.78 is 5.36. The number of nitrogens with one attached hydrogen (secondary N) is 1. The predicted octanol–water partition coefficient (Wildman–Crippen LogP) is 1.75. The fraction of sp³-hybridized carbons (Fsp3) is 0.923. The molecule has 0 bridgehead atoms. The number of carbonyl (C=O) groups is 1. The molecule has 4 nitrogen and oxygen atoms in total. The summed E-state index contributed by atoms with van der Waals surface area (Å²) >= 11 is 0. The summed E-state index contributed by atoms with van der Waals surface area (Å²) in [4.78, 5) is 13.6. The predicted molar refractivity (Wildman–Crippen MR) is 64.8 cm³/mol. The molecule has 1 saturated heterocycles. The van der Waals surface area contributed by atoms with Gasteiger partial charge in [0.1, 0.15) is 5.60 Å². The molecule has 1 amide bonds. The Morgan fingerprint density at radius 2 is 2.00 bits per heavy atom. The van der Waals surface area contributed by atoms with E-state index in [0.717, 1.165) is 19.1 Å². The van der Waals surface area contributed by atoms with E-state index in [1.807, 2.05) is 25.7 Å². The molecule has 0 aromatic carbocycles. The Morgan fingerprint density at radius 1 is 1.35 bits per heavy atom. The lowest BCUT2D eigenvalue weighted by atomic mass is 9.96. The van der Waals surface area contributed by atoms with E-state index in [0.29, 0.717) is 11.5 Å². The fourth-order valence-corrected chi connectivity index (χ4v) is 2.64. The Balaban J connectivity index is 1.44. The van der Waals surface area contributed by atoms with Gasteiger partial charge in [0.05, 0.1) is 0 Å². The van der Waals surface area contributed by atoms with Crippen LogP contribution in [0.1, 0.15) is 40.0 Å². The van der Waals surface area contributed by atoms with E-state index in [9.17, 15) is 4.79 Å². The molecule has 1 heterocycles. The van der Waals surface area contributed by atoms with E-state index in [4.69, 9.17) is 4.74 Å². The van der Waals surface area contributed by atoms with Crippen molar-refractivity contribution in [2.45, 2.75) is 57.7 Å². The van der Waals surface area contributed by atoms with Crippen LogP contribution in [0.2, 0.25) is 0 Å². The van der Waals surface area contributed by atoms with Crippen LogP contribution in [0, 0.1) is 5.41 Å². The van der Waals surface area contributed by atoms with Crippen molar-refractivity contribution in [2.75, 3.05) is 13.1 Å². The molecule has 4 heteroatoms. The van der Waals surface area contributed by atoms with Crippen LogP contribution < -0.4 is 5.32 Å². The Morgan fingerprint density at radius 3 is 2.53 bits per heavy atom. The van der Waals surface area contributed by atoms with Crippen molar-refractivity contribution in [3.05, 3.63) is 0 Å². The Bertz CT molecular complexity index is 338. The Hall–Kier alpha value is -0.770. The van der Waals surface area contributed by atoms with Gasteiger partial charge < -0.3 is 15.0 Å². The van der Waals surface area contributed by atoms with Gasteiger partial charge in [-0.2, -0.15) is 0 Å². The van der Waals surface area contributed by atoms with Gasteiger partial charge in [0.2, 0.25) is 0 Å². The Kier molecular flexibility index (Phi) is 2.25. The molecule has 17 heavy (non-hydrogen) atoms. The molecule has 0 aromatic heterocycles. The molecule has 0 radical (unpaired) electrons. The maximum absolute atomic E-state index is 11.8. The van der Waals surface area contributed by atoms with Crippen LogP contribution in [-0.2, 0) is 4.74 Å². The van der Waals surface area contributed by atoms with Crippen molar-refractivity contribution < 1.29 is 9.53 Å². The quantitative estimate of drug-likeness (QED) is 0.797. The average Bonchev–Trinajstić information content (AvgIpc) is 2.95. The van der Waals surface area contributed by atoms with Gasteiger partial charge in [-0.25, -0.2) is 4.79 Å². The smallest absolute Gasteiger partial charge is 0.410 e. The Labute approximate surface area is 103 Å². The molecular formula is C13H22N2O2. The molecule has 2 saturated carbocycles. The van der Waals surface area contributed by atoms with Gasteiger partial charge in [0, 0.05) is 30.6 Å². The highest BCUT2D eigenvalue weighted by Crippen LogP contribution is 2.54. The van der Waals surface area contributed by atoms with E-state index in [1.54, 1.807) is 0 Å². The second-order valence-corrected chi connectivity index (χ2v) is 6.90. The molecule has 3 aliphatic rings. The second-order valence-electron chi connectivity index (χ2n) is 6.90. The number of nitrogens with zero attached hydrogens (tertiary/aromatic N) is 1. The third kappa shape index (κ3) is 2.28. The van der Waals surface area contributed by atoms with Crippen LogP contribution in [0.4, 0.5) is 4.79 Å². The van der Waals surface area contributed by atoms with E-state index >= 15 is 0 Å². The average molecular weight is 238 g/mol. The highest BCUT2D eigenvalue weighted by molar-refractivity contribution is 5.70. The molecule has 0 aromatic rings. The maximum Gasteiger partial charge on any atom is 0.410 e. The van der Waals surface area contributed by atoms with Gasteiger partial charge >= 0.3 is 6.09 Å². The van der Waals surface area contributed by atoms with Crippen LogP contribution in [0.3, 0.4) is 0 Å². The maximum atomic E-state index is 11.8. The van der Waals surface area contributed by atoms with Crippen LogP contribution >= 0.6 is 0 Å². The zero-order valence-corrected chi connectivity index (χ0v) is 11.0. The van der Waals surface area contributed by atoms with Crippen molar-refractivity contribution in [2.24, 2.45) is 5.41 Å². The van der Waals surface area contributed by atoms with Gasteiger partial charge in [-0.05, 0) is 40.0 Å². The van der Waals surface area contributed by atoms with Crippen LogP contribution in [0.15, 0.2) is 0 Å². The van der Waals surface area contributed by atoms with Crippen LogP contribution in [0.5, 0.6) is 0 Å². The van der Waals surface area contributed by atoms with Crippen LogP contribution in [-0.4, -0.2) is 41.8 Å². The molecule has 1 atom stereocenters. The zero-order valence-electron chi connectivity index (χ0n) is 11.0. The summed E-state index contributed by atoms with van der Waals surface area (Å²) in [7, 11) is 0. The highest BCUT2D eigenvalue weighted by atomic mass is 16.6. The van der Waals surface area contributed by atoms with E-state index in [1.165, 1.54) is 19.3 Å². The normalized spacial score (nSPS) is 30.1. The van der Waals surface area contributed by atoms with Crippen molar-refractivity contribution >= 4 is 6.09 Å². The lowest BCUT2D eigenvalue weighted by molar-refractivity contribution is -0.00785. The minimum atomic E-state index is -0.380. The number of amides is 1. The lowest BCUT2D eigenvalue weighted by Gasteiger charge is -2.41. The number of rotatable bonds is 2. The third-order valence-electron chi connectivity index (χ3n) is 3.87. The fourth-order valence-electron chi connectivity index (χ4n) is 2.64. The number of hydrogen-bond acceptors (Lipinski definition) is 3.